The fourth-order valence-corrected chi connectivity index (χ4v) is 2.36. The van der Waals surface area contributed by atoms with E-state index >= 15 is 0 Å². The first-order valence-corrected chi connectivity index (χ1v) is 6.63. The largest absolute Gasteiger partial charge is 0.467 e. The highest BCUT2D eigenvalue weighted by Crippen LogP contribution is 2.47. The lowest BCUT2D eigenvalue weighted by atomic mass is 10.0. The van der Waals surface area contributed by atoms with Crippen LogP contribution in [0.2, 0.25) is 0 Å². The van der Waals surface area contributed by atoms with Crippen LogP contribution >= 0.6 is 0 Å². The quantitative estimate of drug-likeness (QED) is 0.747. The highest BCUT2D eigenvalue weighted by molar-refractivity contribution is 5.76. The zero-order valence-corrected chi connectivity index (χ0v) is 11.1. The average Bonchev–Trinajstić information content (AvgIpc) is 3.02. The molecule has 3 rings (SSSR count). The maximum Gasteiger partial charge on any atom is 0.315 e. The van der Waals surface area contributed by atoms with Gasteiger partial charge in [0.1, 0.15) is 5.76 Å². The molecule has 2 amide bonds. The summed E-state index contributed by atoms with van der Waals surface area (Å²) in [5.41, 5.74) is 7.39. The van der Waals surface area contributed by atoms with Crippen LogP contribution in [0.5, 0.6) is 0 Å². The summed E-state index contributed by atoms with van der Waals surface area (Å²) in [4.78, 5) is 12.0. The van der Waals surface area contributed by atoms with Crippen LogP contribution in [-0.2, 0) is 12.1 Å². The molecule has 0 atom stereocenters. The summed E-state index contributed by atoms with van der Waals surface area (Å²) in [6.45, 7) is 0.374. The SMILES string of the molecule is Nc1ccccc1C1(NC(=O)NCc2ccco2)CC1. The van der Waals surface area contributed by atoms with Gasteiger partial charge in [0.15, 0.2) is 0 Å². The fraction of sp³-hybridized carbons (Fsp3) is 0.267. The van der Waals surface area contributed by atoms with Gasteiger partial charge in [-0.15, -0.1) is 0 Å². The Kier molecular flexibility index (Phi) is 3.10. The summed E-state index contributed by atoms with van der Waals surface area (Å²) in [6.07, 6.45) is 3.41. The van der Waals surface area contributed by atoms with E-state index in [-0.39, 0.29) is 11.6 Å². The third-order valence-electron chi connectivity index (χ3n) is 3.58. The molecule has 5 heteroatoms. The minimum absolute atomic E-state index is 0.206. The van der Waals surface area contributed by atoms with Crippen molar-refractivity contribution in [1.82, 2.24) is 10.6 Å². The molecule has 1 aliphatic carbocycles. The zero-order chi connectivity index (χ0) is 14.0. The summed E-state index contributed by atoms with van der Waals surface area (Å²) < 4.78 is 5.17. The number of carbonyl (C=O) groups excluding carboxylic acids is 1. The third kappa shape index (κ3) is 2.47. The van der Waals surface area contributed by atoms with E-state index in [1.807, 2.05) is 30.3 Å². The van der Waals surface area contributed by atoms with Gasteiger partial charge in [0.25, 0.3) is 0 Å². The molecule has 1 aromatic heterocycles. The Hall–Kier alpha value is -2.43. The van der Waals surface area contributed by atoms with E-state index in [9.17, 15) is 4.79 Å². The molecule has 1 fully saturated rings. The number of benzene rings is 1. The second-order valence-corrected chi connectivity index (χ2v) is 5.06. The molecule has 2 aromatic rings. The summed E-state index contributed by atoms with van der Waals surface area (Å²) in [5, 5.41) is 5.80. The molecule has 1 heterocycles. The number of nitrogen functional groups attached to an aromatic ring is 1. The Morgan fingerprint density at radius 1 is 1.25 bits per heavy atom. The number of anilines is 1. The normalized spacial score (nSPS) is 15.6. The van der Waals surface area contributed by atoms with Gasteiger partial charge in [0.2, 0.25) is 0 Å². The molecular weight excluding hydrogens is 254 g/mol. The van der Waals surface area contributed by atoms with Crippen LogP contribution in [0.15, 0.2) is 47.1 Å². The van der Waals surface area contributed by atoms with Crippen LogP contribution in [-0.4, -0.2) is 6.03 Å². The van der Waals surface area contributed by atoms with Gasteiger partial charge in [-0.05, 0) is 31.0 Å². The van der Waals surface area contributed by atoms with E-state index in [1.165, 1.54) is 0 Å². The Labute approximate surface area is 117 Å². The van der Waals surface area contributed by atoms with Crippen LogP contribution in [0.3, 0.4) is 0 Å². The number of hydrogen-bond donors (Lipinski definition) is 3. The number of carbonyl (C=O) groups is 1. The molecule has 0 saturated heterocycles. The number of furan rings is 1. The smallest absolute Gasteiger partial charge is 0.315 e. The number of nitrogens with one attached hydrogen (secondary N) is 2. The van der Waals surface area contributed by atoms with E-state index in [4.69, 9.17) is 10.2 Å². The van der Waals surface area contributed by atoms with Crippen molar-refractivity contribution in [2.75, 3.05) is 5.73 Å². The summed E-state index contributed by atoms with van der Waals surface area (Å²) >= 11 is 0. The molecule has 20 heavy (non-hydrogen) atoms. The van der Waals surface area contributed by atoms with Crippen LogP contribution in [0.25, 0.3) is 0 Å². The average molecular weight is 271 g/mol. The van der Waals surface area contributed by atoms with Crippen molar-refractivity contribution >= 4 is 11.7 Å². The van der Waals surface area contributed by atoms with Gasteiger partial charge in [-0.1, -0.05) is 18.2 Å². The van der Waals surface area contributed by atoms with Gasteiger partial charge in [0, 0.05) is 11.3 Å². The minimum atomic E-state index is -0.307. The van der Waals surface area contributed by atoms with Crippen molar-refractivity contribution in [3.8, 4) is 0 Å². The first-order chi connectivity index (χ1) is 9.70. The lowest BCUT2D eigenvalue weighted by Crippen LogP contribution is -2.42. The summed E-state index contributed by atoms with van der Waals surface area (Å²) in [5.74, 6) is 0.726. The Morgan fingerprint density at radius 2 is 2.05 bits per heavy atom. The molecule has 1 saturated carbocycles. The van der Waals surface area contributed by atoms with Crippen molar-refractivity contribution in [2.24, 2.45) is 0 Å². The number of rotatable bonds is 4. The third-order valence-corrected chi connectivity index (χ3v) is 3.58. The van der Waals surface area contributed by atoms with E-state index < -0.39 is 0 Å². The van der Waals surface area contributed by atoms with Crippen LogP contribution in [0.1, 0.15) is 24.2 Å². The van der Waals surface area contributed by atoms with Gasteiger partial charge in [-0.2, -0.15) is 0 Å². The molecule has 1 aliphatic rings. The molecule has 1 aromatic carbocycles. The predicted octanol–water partition coefficient (Wildman–Crippen LogP) is 2.35. The molecule has 0 bridgehead atoms. The zero-order valence-electron chi connectivity index (χ0n) is 11.1. The van der Waals surface area contributed by atoms with Crippen molar-refractivity contribution in [3.05, 3.63) is 54.0 Å². The maximum absolute atomic E-state index is 12.0. The van der Waals surface area contributed by atoms with Gasteiger partial charge in [-0.3, -0.25) is 0 Å². The predicted molar refractivity (Wildman–Crippen MR) is 75.8 cm³/mol. The molecule has 0 radical (unpaired) electrons. The minimum Gasteiger partial charge on any atom is -0.467 e. The van der Waals surface area contributed by atoms with Gasteiger partial charge >= 0.3 is 6.03 Å². The number of hydrogen-bond acceptors (Lipinski definition) is 3. The molecule has 0 aliphatic heterocycles. The van der Waals surface area contributed by atoms with E-state index in [1.54, 1.807) is 12.3 Å². The van der Waals surface area contributed by atoms with E-state index in [2.05, 4.69) is 10.6 Å². The number of urea groups is 1. The lowest BCUT2D eigenvalue weighted by Gasteiger charge is -2.19. The van der Waals surface area contributed by atoms with Crippen molar-refractivity contribution in [1.29, 1.82) is 0 Å². The number of amides is 2. The topological polar surface area (TPSA) is 80.3 Å². The van der Waals surface area contributed by atoms with Gasteiger partial charge < -0.3 is 20.8 Å². The summed E-state index contributed by atoms with van der Waals surface area (Å²) in [6, 6.07) is 11.1. The summed E-state index contributed by atoms with van der Waals surface area (Å²) in [7, 11) is 0. The fourth-order valence-electron chi connectivity index (χ4n) is 2.36. The monoisotopic (exact) mass is 271 g/mol. The number of nitrogens with two attached hydrogens (primary N) is 1. The highest BCUT2D eigenvalue weighted by atomic mass is 16.3. The Bertz CT molecular complexity index is 603. The van der Waals surface area contributed by atoms with Crippen LogP contribution in [0.4, 0.5) is 10.5 Å². The molecule has 104 valence electrons. The van der Waals surface area contributed by atoms with Crippen molar-refractivity contribution in [2.45, 2.75) is 24.9 Å². The standard InChI is InChI=1S/C15H17N3O2/c16-13-6-2-1-5-12(13)15(7-8-15)18-14(19)17-10-11-4-3-9-20-11/h1-6,9H,7-8,10,16H2,(H2,17,18,19). The Morgan fingerprint density at radius 3 is 2.70 bits per heavy atom. The maximum atomic E-state index is 12.0. The second-order valence-electron chi connectivity index (χ2n) is 5.06. The molecule has 4 N–H and O–H groups in total. The highest BCUT2D eigenvalue weighted by Gasteiger charge is 2.46. The molecular formula is C15H17N3O2. The Balaban J connectivity index is 1.62. The van der Waals surface area contributed by atoms with E-state index in [0.717, 1.165) is 29.9 Å². The van der Waals surface area contributed by atoms with Crippen LogP contribution in [0, 0.1) is 0 Å². The molecule has 5 nitrogen and oxygen atoms in total. The van der Waals surface area contributed by atoms with E-state index in [0.29, 0.717) is 6.54 Å². The first kappa shape index (κ1) is 12.6. The van der Waals surface area contributed by atoms with Crippen molar-refractivity contribution < 1.29 is 9.21 Å². The van der Waals surface area contributed by atoms with Gasteiger partial charge in [-0.25, -0.2) is 4.79 Å². The molecule has 0 unspecified atom stereocenters. The second kappa shape index (κ2) is 4.92. The first-order valence-electron chi connectivity index (χ1n) is 6.63. The van der Waals surface area contributed by atoms with Crippen LogP contribution < -0.4 is 16.4 Å². The lowest BCUT2D eigenvalue weighted by molar-refractivity contribution is 0.234. The van der Waals surface area contributed by atoms with Gasteiger partial charge in [0.05, 0.1) is 18.3 Å². The molecule has 0 spiro atoms. The number of para-hydroxylation sites is 1. The van der Waals surface area contributed by atoms with Crippen molar-refractivity contribution in [3.63, 3.8) is 0 Å².